The van der Waals surface area contributed by atoms with Gasteiger partial charge in [-0.05, 0) is 7.05 Å². The maximum atomic E-state index is 11.7. The molecule has 2 N–H and O–H groups in total. The van der Waals surface area contributed by atoms with E-state index in [2.05, 4.69) is 10.6 Å². The van der Waals surface area contributed by atoms with Crippen LogP contribution in [0.2, 0.25) is 0 Å². The van der Waals surface area contributed by atoms with Crippen LogP contribution in [-0.4, -0.2) is 46.9 Å². The molecule has 0 aliphatic carbocycles. The normalized spacial score (nSPS) is 11.6. The third kappa shape index (κ3) is 5.91. The maximum Gasteiger partial charge on any atom is 0.224 e. The molecule has 1 rings (SSSR count). The standard InChI is InChI=1S/C15H24N2O4/c1-11(10-16-2)15(18)17-5-6-21-14-8-12(19-3)7-13(9-14)20-4/h7-9,11,16H,5-6,10H2,1-4H3,(H,17,18). The lowest BCUT2D eigenvalue weighted by molar-refractivity contribution is -0.124. The van der Waals surface area contributed by atoms with Gasteiger partial charge in [-0.2, -0.15) is 0 Å². The SMILES string of the molecule is CNCC(C)C(=O)NCCOc1cc(OC)cc(OC)c1. The summed E-state index contributed by atoms with van der Waals surface area (Å²) in [7, 11) is 4.99. The molecular weight excluding hydrogens is 272 g/mol. The fourth-order valence-corrected chi connectivity index (χ4v) is 1.78. The van der Waals surface area contributed by atoms with Crippen molar-refractivity contribution < 1.29 is 19.0 Å². The molecule has 1 atom stereocenters. The van der Waals surface area contributed by atoms with E-state index in [-0.39, 0.29) is 11.8 Å². The van der Waals surface area contributed by atoms with E-state index in [9.17, 15) is 4.79 Å². The first-order chi connectivity index (χ1) is 10.1. The number of carbonyl (C=O) groups excluding carboxylic acids is 1. The van der Waals surface area contributed by atoms with Crippen LogP contribution in [0, 0.1) is 5.92 Å². The molecule has 0 heterocycles. The van der Waals surface area contributed by atoms with E-state index in [1.165, 1.54) is 0 Å². The second-order valence-electron chi connectivity index (χ2n) is 4.65. The average Bonchev–Trinajstić information content (AvgIpc) is 2.51. The van der Waals surface area contributed by atoms with Gasteiger partial charge in [0.1, 0.15) is 23.9 Å². The molecule has 0 fully saturated rings. The first-order valence-electron chi connectivity index (χ1n) is 6.89. The molecular formula is C15H24N2O4. The Morgan fingerprint density at radius 2 is 1.71 bits per heavy atom. The summed E-state index contributed by atoms with van der Waals surface area (Å²) in [6, 6.07) is 5.32. The highest BCUT2D eigenvalue weighted by molar-refractivity contribution is 5.78. The van der Waals surface area contributed by atoms with Crippen LogP contribution in [-0.2, 0) is 4.79 Å². The van der Waals surface area contributed by atoms with Gasteiger partial charge in [0, 0.05) is 30.7 Å². The molecule has 0 aliphatic heterocycles. The van der Waals surface area contributed by atoms with E-state index < -0.39 is 0 Å². The van der Waals surface area contributed by atoms with Crippen LogP contribution in [0.5, 0.6) is 17.2 Å². The van der Waals surface area contributed by atoms with Gasteiger partial charge in [-0.15, -0.1) is 0 Å². The number of rotatable bonds is 9. The van der Waals surface area contributed by atoms with E-state index in [0.29, 0.717) is 36.9 Å². The Balaban J connectivity index is 2.40. The molecule has 0 saturated heterocycles. The number of carbonyl (C=O) groups is 1. The molecule has 1 amide bonds. The Kier molecular flexibility index (Phi) is 7.39. The van der Waals surface area contributed by atoms with Gasteiger partial charge < -0.3 is 24.8 Å². The molecule has 0 radical (unpaired) electrons. The third-order valence-corrected chi connectivity index (χ3v) is 2.95. The average molecular weight is 296 g/mol. The Bertz CT molecular complexity index is 429. The minimum absolute atomic E-state index is 0.0103. The lowest BCUT2D eigenvalue weighted by atomic mass is 10.1. The highest BCUT2D eigenvalue weighted by atomic mass is 16.5. The minimum atomic E-state index is -0.0630. The van der Waals surface area contributed by atoms with Crippen molar-refractivity contribution in [3.05, 3.63) is 18.2 Å². The molecule has 1 aromatic rings. The van der Waals surface area contributed by atoms with Crippen molar-refractivity contribution in [2.75, 3.05) is 41.0 Å². The lowest BCUT2D eigenvalue weighted by Crippen LogP contribution is -2.36. The van der Waals surface area contributed by atoms with Crippen LogP contribution >= 0.6 is 0 Å². The number of amides is 1. The van der Waals surface area contributed by atoms with Gasteiger partial charge in [0.25, 0.3) is 0 Å². The van der Waals surface area contributed by atoms with Crippen LogP contribution < -0.4 is 24.8 Å². The molecule has 0 spiro atoms. The zero-order valence-corrected chi connectivity index (χ0v) is 13.1. The summed E-state index contributed by atoms with van der Waals surface area (Å²) < 4.78 is 15.9. The van der Waals surface area contributed by atoms with Crippen molar-refractivity contribution in [2.45, 2.75) is 6.92 Å². The van der Waals surface area contributed by atoms with Gasteiger partial charge >= 0.3 is 0 Å². The Morgan fingerprint density at radius 1 is 1.14 bits per heavy atom. The van der Waals surface area contributed by atoms with Crippen molar-refractivity contribution in [2.24, 2.45) is 5.92 Å². The van der Waals surface area contributed by atoms with Gasteiger partial charge in [-0.25, -0.2) is 0 Å². The van der Waals surface area contributed by atoms with Crippen LogP contribution in [0.1, 0.15) is 6.92 Å². The first kappa shape index (κ1) is 17.1. The summed E-state index contributed by atoms with van der Waals surface area (Å²) in [5.41, 5.74) is 0. The molecule has 0 saturated carbocycles. The number of benzene rings is 1. The van der Waals surface area contributed by atoms with Crippen molar-refractivity contribution in [3.63, 3.8) is 0 Å². The second kappa shape index (κ2) is 9.07. The van der Waals surface area contributed by atoms with Gasteiger partial charge in [0.05, 0.1) is 20.8 Å². The second-order valence-corrected chi connectivity index (χ2v) is 4.65. The summed E-state index contributed by atoms with van der Waals surface area (Å²) in [5, 5.41) is 5.80. The fourth-order valence-electron chi connectivity index (χ4n) is 1.78. The van der Waals surface area contributed by atoms with E-state index in [1.807, 2.05) is 14.0 Å². The monoisotopic (exact) mass is 296 g/mol. The molecule has 21 heavy (non-hydrogen) atoms. The Labute approximate surface area is 125 Å². The molecule has 6 nitrogen and oxygen atoms in total. The molecule has 0 aliphatic rings. The predicted octanol–water partition coefficient (Wildman–Crippen LogP) is 1.05. The van der Waals surface area contributed by atoms with Crippen LogP contribution in [0.15, 0.2) is 18.2 Å². The zero-order chi connectivity index (χ0) is 15.7. The number of nitrogens with one attached hydrogen (secondary N) is 2. The Morgan fingerprint density at radius 3 is 2.24 bits per heavy atom. The topological polar surface area (TPSA) is 68.8 Å². The van der Waals surface area contributed by atoms with Gasteiger partial charge in [0.2, 0.25) is 5.91 Å². The number of hydrogen-bond acceptors (Lipinski definition) is 5. The number of hydrogen-bond donors (Lipinski definition) is 2. The van der Waals surface area contributed by atoms with Gasteiger partial charge in [-0.3, -0.25) is 4.79 Å². The predicted molar refractivity (Wildman–Crippen MR) is 81.1 cm³/mol. The summed E-state index contributed by atoms with van der Waals surface area (Å²) in [6.07, 6.45) is 0. The highest BCUT2D eigenvalue weighted by Gasteiger charge is 2.10. The van der Waals surface area contributed by atoms with Crippen molar-refractivity contribution >= 4 is 5.91 Å². The van der Waals surface area contributed by atoms with Crippen molar-refractivity contribution in [1.29, 1.82) is 0 Å². The van der Waals surface area contributed by atoms with E-state index >= 15 is 0 Å². The van der Waals surface area contributed by atoms with Crippen molar-refractivity contribution in [3.8, 4) is 17.2 Å². The van der Waals surface area contributed by atoms with E-state index in [4.69, 9.17) is 14.2 Å². The summed E-state index contributed by atoms with van der Waals surface area (Å²) in [6.45, 7) is 3.36. The number of ether oxygens (including phenoxy) is 3. The van der Waals surface area contributed by atoms with Crippen LogP contribution in [0.4, 0.5) is 0 Å². The van der Waals surface area contributed by atoms with Crippen LogP contribution in [0.25, 0.3) is 0 Å². The Hall–Kier alpha value is -1.95. The van der Waals surface area contributed by atoms with E-state index in [0.717, 1.165) is 0 Å². The largest absolute Gasteiger partial charge is 0.496 e. The zero-order valence-electron chi connectivity index (χ0n) is 13.1. The molecule has 6 heteroatoms. The lowest BCUT2D eigenvalue weighted by Gasteiger charge is -2.13. The van der Waals surface area contributed by atoms with Crippen molar-refractivity contribution in [1.82, 2.24) is 10.6 Å². The quantitative estimate of drug-likeness (QED) is 0.667. The molecule has 0 aromatic heterocycles. The van der Waals surface area contributed by atoms with E-state index in [1.54, 1.807) is 32.4 Å². The molecule has 118 valence electrons. The number of methoxy groups -OCH3 is 2. The maximum absolute atomic E-state index is 11.7. The third-order valence-electron chi connectivity index (χ3n) is 2.95. The smallest absolute Gasteiger partial charge is 0.224 e. The van der Waals surface area contributed by atoms with Gasteiger partial charge in [0.15, 0.2) is 0 Å². The van der Waals surface area contributed by atoms with Gasteiger partial charge in [-0.1, -0.05) is 6.92 Å². The first-order valence-corrected chi connectivity index (χ1v) is 6.89. The molecule has 1 unspecified atom stereocenters. The minimum Gasteiger partial charge on any atom is -0.496 e. The summed E-state index contributed by atoms with van der Waals surface area (Å²) >= 11 is 0. The summed E-state index contributed by atoms with van der Waals surface area (Å²) in [4.78, 5) is 11.7. The summed E-state index contributed by atoms with van der Waals surface area (Å²) in [5.74, 6) is 1.92. The van der Waals surface area contributed by atoms with Crippen LogP contribution in [0.3, 0.4) is 0 Å². The highest BCUT2D eigenvalue weighted by Crippen LogP contribution is 2.27. The fraction of sp³-hybridized carbons (Fsp3) is 0.533. The molecule has 1 aromatic carbocycles. The molecule has 0 bridgehead atoms.